The number of rotatable bonds is 2. The van der Waals surface area contributed by atoms with Crippen molar-refractivity contribution in [3.8, 4) is 11.3 Å². The van der Waals surface area contributed by atoms with Crippen LogP contribution in [-0.4, -0.2) is 17.2 Å². The molecule has 3 nitrogen and oxygen atoms in total. The molecule has 1 aromatic heterocycles. The normalized spacial score (nSPS) is 10.8. The van der Waals surface area contributed by atoms with Gasteiger partial charge in [0.05, 0.1) is 5.02 Å². The van der Waals surface area contributed by atoms with Crippen LogP contribution in [0.25, 0.3) is 22.0 Å². The molecule has 100 valence electrons. The van der Waals surface area contributed by atoms with Gasteiger partial charge >= 0.3 is 0 Å². The first-order valence-corrected chi connectivity index (χ1v) is 6.85. The zero-order chi connectivity index (χ0) is 14.1. The minimum atomic E-state index is 0.603. The zero-order valence-corrected chi connectivity index (χ0v) is 12.2. The fraction of sp³-hybridized carbons (Fsp3) is 0.0667. The highest BCUT2D eigenvalue weighted by atomic mass is 35.5. The molecule has 0 aliphatic heterocycles. The molecule has 0 atom stereocenters. The van der Waals surface area contributed by atoms with Crippen LogP contribution < -0.4 is 5.32 Å². The summed E-state index contributed by atoms with van der Waals surface area (Å²) >= 11 is 12.3. The number of nitrogens with zero attached hydrogens (tertiary/aromatic N) is 2. The summed E-state index contributed by atoms with van der Waals surface area (Å²) in [6, 6.07) is 13.3. The highest BCUT2D eigenvalue weighted by Gasteiger charge is 2.13. The Morgan fingerprint density at radius 3 is 2.45 bits per heavy atom. The summed E-state index contributed by atoms with van der Waals surface area (Å²) < 4.78 is 0. The monoisotopic (exact) mass is 303 g/mol. The van der Waals surface area contributed by atoms with Crippen molar-refractivity contribution in [1.29, 1.82) is 0 Å². The van der Waals surface area contributed by atoms with Gasteiger partial charge in [-0.25, -0.2) is 0 Å². The van der Waals surface area contributed by atoms with Crippen LogP contribution >= 0.6 is 23.2 Å². The number of fused-ring (bicyclic) bond motifs is 1. The van der Waals surface area contributed by atoms with Crippen molar-refractivity contribution in [2.45, 2.75) is 0 Å². The maximum Gasteiger partial charge on any atom is 0.156 e. The van der Waals surface area contributed by atoms with E-state index in [1.807, 2.05) is 31.3 Å². The number of benzene rings is 2. The summed E-state index contributed by atoms with van der Waals surface area (Å²) in [5.74, 6) is 0.738. The zero-order valence-electron chi connectivity index (χ0n) is 10.7. The van der Waals surface area contributed by atoms with Gasteiger partial charge in [0.15, 0.2) is 5.82 Å². The van der Waals surface area contributed by atoms with Crippen molar-refractivity contribution in [3.63, 3.8) is 0 Å². The molecule has 0 bridgehead atoms. The lowest BCUT2D eigenvalue weighted by molar-refractivity contribution is 1.06. The van der Waals surface area contributed by atoms with Crippen molar-refractivity contribution in [1.82, 2.24) is 10.2 Å². The second-order valence-corrected chi connectivity index (χ2v) is 5.16. The third kappa shape index (κ3) is 2.19. The van der Waals surface area contributed by atoms with E-state index in [-0.39, 0.29) is 0 Å². The van der Waals surface area contributed by atoms with Gasteiger partial charge in [-0.3, -0.25) is 0 Å². The molecule has 5 heteroatoms. The Bertz CT molecular complexity index is 787. The first-order valence-electron chi connectivity index (χ1n) is 6.09. The molecule has 1 N–H and O–H groups in total. The van der Waals surface area contributed by atoms with Gasteiger partial charge in [-0.15, -0.1) is 10.2 Å². The predicted molar refractivity (Wildman–Crippen MR) is 84.5 cm³/mol. The van der Waals surface area contributed by atoms with Crippen LogP contribution in [0.1, 0.15) is 0 Å². The Morgan fingerprint density at radius 1 is 0.950 bits per heavy atom. The number of hydrogen-bond donors (Lipinski definition) is 1. The first-order chi connectivity index (χ1) is 9.70. The van der Waals surface area contributed by atoms with Crippen molar-refractivity contribution in [3.05, 3.63) is 52.5 Å². The van der Waals surface area contributed by atoms with Gasteiger partial charge in [-0.05, 0) is 18.2 Å². The Balaban J connectivity index is 2.35. The Kier molecular flexibility index (Phi) is 3.47. The van der Waals surface area contributed by atoms with E-state index in [1.165, 1.54) is 0 Å². The molecule has 0 fully saturated rings. The smallest absolute Gasteiger partial charge is 0.156 e. The summed E-state index contributed by atoms with van der Waals surface area (Å²) in [5, 5.41) is 14.7. The third-order valence-electron chi connectivity index (χ3n) is 3.11. The quantitative estimate of drug-likeness (QED) is 0.749. The van der Waals surface area contributed by atoms with Gasteiger partial charge in [0.25, 0.3) is 0 Å². The summed E-state index contributed by atoms with van der Waals surface area (Å²) in [4.78, 5) is 0. The molecular weight excluding hydrogens is 293 g/mol. The van der Waals surface area contributed by atoms with Crippen molar-refractivity contribution in [2.75, 3.05) is 12.4 Å². The van der Waals surface area contributed by atoms with Gasteiger partial charge in [0.1, 0.15) is 5.69 Å². The molecule has 0 radical (unpaired) electrons. The lowest BCUT2D eigenvalue weighted by Gasteiger charge is -2.10. The molecule has 0 saturated carbocycles. The van der Waals surface area contributed by atoms with E-state index < -0.39 is 0 Å². The second-order valence-electron chi connectivity index (χ2n) is 4.32. The topological polar surface area (TPSA) is 37.8 Å². The molecule has 20 heavy (non-hydrogen) atoms. The van der Waals surface area contributed by atoms with Crippen molar-refractivity contribution < 1.29 is 0 Å². The summed E-state index contributed by atoms with van der Waals surface area (Å²) in [7, 11) is 1.82. The SMILES string of the molecule is CNc1nnc(-c2cc(Cl)ccc2Cl)c2ccccc12. The number of halogens is 2. The Morgan fingerprint density at radius 2 is 1.70 bits per heavy atom. The number of anilines is 1. The van der Waals surface area contributed by atoms with Crippen LogP contribution in [0.15, 0.2) is 42.5 Å². The maximum absolute atomic E-state index is 6.26. The molecule has 0 unspecified atom stereocenters. The highest BCUT2D eigenvalue weighted by Crippen LogP contribution is 2.34. The van der Waals surface area contributed by atoms with Gasteiger partial charge < -0.3 is 5.32 Å². The average Bonchev–Trinajstić information content (AvgIpc) is 2.49. The van der Waals surface area contributed by atoms with E-state index >= 15 is 0 Å². The standard InChI is InChI=1S/C15H11Cl2N3/c1-18-15-11-5-3-2-4-10(11)14(19-20-15)12-8-9(16)6-7-13(12)17/h2-8H,1H3,(H,18,20). The second kappa shape index (κ2) is 5.27. The molecule has 1 heterocycles. The van der Waals surface area contributed by atoms with Gasteiger partial charge in [0.2, 0.25) is 0 Å². The predicted octanol–water partition coefficient (Wildman–Crippen LogP) is 4.65. The minimum Gasteiger partial charge on any atom is -0.371 e. The number of nitrogens with one attached hydrogen (secondary N) is 1. The first kappa shape index (κ1) is 13.2. The molecule has 2 aromatic carbocycles. The molecule has 0 spiro atoms. The number of aromatic nitrogens is 2. The fourth-order valence-corrected chi connectivity index (χ4v) is 2.55. The van der Waals surface area contributed by atoms with Crippen LogP contribution in [0, 0.1) is 0 Å². The lowest BCUT2D eigenvalue weighted by atomic mass is 10.0. The molecule has 0 saturated heterocycles. The number of hydrogen-bond acceptors (Lipinski definition) is 3. The molecule has 3 rings (SSSR count). The largest absolute Gasteiger partial charge is 0.371 e. The average molecular weight is 304 g/mol. The fourth-order valence-electron chi connectivity index (χ4n) is 2.17. The van der Waals surface area contributed by atoms with E-state index in [1.54, 1.807) is 18.2 Å². The molecule has 3 aromatic rings. The van der Waals surface area contributed by atoms with Crippen LogP contribution in [0.2, 0.25) is 10.0 Å². The molecular formula is C15H11Cl2N3. The van der Waals surface area contributed by atoms with Gasteiger partial charge in [-0.1, -0.05) is 47.5 Å². The summed E-state index contributed by atoms with van der Waals surface area (Å²) in [6.45, 7) is 0. The maximum atomic E-state index is 6.26. The van der Waals surface area contributed by atoms with Crippen molar-refractivity contribution >= 4 is 39.8 Å². The summed E-state index contributed by atoms with van der Waals surface area (Å²) in [6.07, 6.45) is 0. The summed E-state index contributed by atoms with van der Waals surface area (Å²) in [5.41, 5.74) is 1.51. The van der Waals surface area contributed by atoms with Gasteiger partial charge in [0, 0.05) is 28.4 Å². The van der Waals surface area contributed by atoms with Crippen molar-refractivity contribution in [2.24, 2.45) is 0 Å². The van der Waals surface area contributed by atoms with Gasteiger partial charge in [-0.2, -0.15) is 0 Å². The minimum absolute atomic E-state index is 0.603. The van der Waals surface area contributed by atoms with E-state index in [2.05, 4.69) is 15.5 Å². The van der Waals surface area contributed by atoms with Crippen LogP contribution in [0.3, 0.4) is 0 Å². The lowest BCUT2D eigenvalue weighted by Crippen LogP contribution is -1.98. The Labute approximate surface area is 126 Å². The Hall–Kier alpha value is -1.84. The van der Waals surface area contributed by atoms with Crippen LogP contribution in [-0.2, 0) is 0 Å². The molecule has 0 aliphatic carbocycles. The van der Waals surface area contributed by atoms with E-state index in [9.17, 15) is 0 Å². The van der Waals surface area contributed by atoms with Crippen LogP contribution in [0.4, 0.5) is 5.82 Å². The molecule has 0 amide bonds. The third-order valence-corrected chi connectivity index (χ3v) is 3.67. The van der Waals surface area contributed by atoms with E-state index in [0.29, 0.717) is 10.0 Å². The molecule has 0 aliphatic rings. The van der Waals surface area contributed by atoms with E-state index in [4.69, 9.17) is 23.2 Å². The highest BCUT2D eigenvalue weighted by molar-refractivity contribution is 6.35. The van der Waals surface area contributed by atoms with E-state index in [0.717, 1.165) is 27.8 Å². The van der Waals surface area contributed by atoms with Crippen LogP contribution in [0.5, 0.6) is 0 Å².